The van der Waals surface area contributed by atoms with Gasteiger partial charge in [0.25, 0.3) is 5.56 Å². The average molecular weight is 215 g/mol. The van der Waals surface area contributed by atoms with Crippen LogP contribution in [0.5, 0.6) is 0 Å². The van der Waals surface area contributed by atoms with Gasteiger partial charge in [0.1, 0.15) is 11.6 Å². The van der Waals surface area contributed by atoms with Gasteiger partial charge >= 0.3 is 0 Å². The molecule has 1 aromatic rings. The first kappa shape index (κ1) is 11.6. The molecule has 1 aromatic heterocycles. The molecule has 0 fully saturated rings. The second kappa shape index (κ2) is 6.06. The molecule has 16 heavy (non-hydrogen) atoms. The zero-order chi connectivity index (χ0) is 11.8. The average Bonchev–Trinajstić information content (AvgIpc) is 2.31. The van der Waals surface area contributed by atoms with Crippen molar-refractivity contribution in [3.63, 3.8) is 0 Å². The summed E-state index contributed by atoms with van der Waals surface area (Å²) in [4.78, 5) is 16.1. The SMILES string of the molecule is N#Cc1cc(C=CCCN=[N+]=[N-])c[nH]c1=O. The molecule has 6 nitrogen and oxygen atoms in total. The van der Waals surface area contributed by atoms with E-state index in [1.165, 1.54) is 12.3 Å². The van der Waals surface area contributed by atoms with Gasteiger partial charge in [-0.1, -0.05) is 17.3 Å². The van der Waals surface area contributed by atoms with Crippen molar-refractivity contribution in [1.82, 2.24) is 4.98 Å². The molecule has 80 valence electrons. The van der Waals surface area contributed by atoms with Gasteiger partial charge in [0.2, 0.25) is 0 Å². The number of azide groups is 1. The van der Waals surface area contributed by atoms with Crippen LogP contribution in [0.25, 0.3) is 16.5 Å². The van der Waals surface area contributed by atoms with Crippen LogP contribution in [0.2, 0.25) is 0 Å². The summed E-state index contributed by atoms with van der Waals surface area (Å²) >= 11 is 0. The van der Waals surface area contributed by atoms with E-state index < -0.39 is 5.56 Å². The molecule has 0 unspecified atom stereocenters. The van der Waals surface area contributed by atoms with Crippen molar-refractivity contribution in [2.45, 2.75) is 6.42 Å². The fraction of sp³-hybridized carbons (Fsp3) is 0.200. The van der Waals surface area contributed by atoms with Crippen molar-refractivity contribution in [3.8, 4) is 6.07 Å². The Kier molecular flexibility index (Phi) is 4.38. The third kappa shape index (κ3) is 3.33. The number of aromatic nitrogens is 1. The molecule has 0 aromatic carbocycles. The first-order valence-corrected chi connectivity index (χ1v) is 4.58. The van der Waals surface area contributed by atoms with Crippen molar-refractivity contribution in [1.29, 1.82) is 5.26 Å². The molecule has 6 heteroatoms. The van der Waals surface area contributed by atoms with E-state index in [1.807, 2.05) is 6.08 Å². The molecule has 0 amide bonds. The summed E-state index contributed by atoms with van der Waals surface area (Å²) in [7, 11) is 0. The molecular weight excluding hydrogens is 206 g/mol. The topological polar surface area (TPSA) is 105 Å². The Labute approximate surface area is 91.5 Å². The maximum absolute atomic E-state index is 11.1. The normalized spacial score (nSPS) is 9.69. The van der Waals surface area contributed by atoms with Crippen molar-refractivity contribution >= 4 is 6.08 Å². The van der Waals surface area contributed by atoms with Gasteiger partial charge in [-0.15, -0.1) is 0 Å². The second-order valence-corrected chi connectivity index (χ2v) is 2.93. The highest BCUT2D eigenvalue weighted by atomic mass is 16.1. The van der Waals surface area contributed by atoms with Gasteiger partial charge in [0.05, 0.1) is 0 Å². The highest BCUT2D eigenvalue weighted by molar-refractivity contribution is 5.50. The van der Waals surface area contributed by atoms with E-state index in [1.54, 1.807) is 12.1 Å². The Balaban J connectivity index is 2.71. The minimum absolute atomic E-state index is 0.0807. The molecule has 0 bridgehead atoms. The van der Waals surface area contributed by atoms with Crippen LogP contribution in [0.4, 0.5) is 0 Å². The molecular formula is C10H9N5O. The lowest BCUT2D eigenvalue weighted by Crippen LogP contribution is -2.08. The Morgan fingerprint density at radius 1 is 1.69 bits per heavy atom. The summed E-state index contributed by atoms with van der Waals surface area (Å²) in [5.74, 6) is 0. The highest BCUT2D eigenvalue weighted by Crippen LogP contribution is 2.01. The van der Waals surface area contributed by atoms with E-state index in [0.29, 0.717) is 13.0 Å². The summed E-state index contributed by atoms with van der Waals surface area (Å²) in [6.07, 6.45) is 5.70. The van der Waals surface area contributed by atoms with E-state index in [9.17, 15) is 4.79 Å². The Morgan fingerprint density at radius 2 is 2.50 bits per heavy atom. The van der Waals surface area contributed by atoms with Crippen LogP contribution < -0.4 is 5.56 Å². The first-order valence-electron chi connectivity index (χ1n) is 4.58. The zero-order valence-corrected chi connectivity index (χ0v) is 8.42. The van der Waals surface area contributed by atoms with Crippen molar-refractivity contribution in [2.24, 2.45) is 5.11 Å². The van der Waals surface area contributed by atoms with Crippen LogP contribution in [0.15, 0.2) is 28.2 Å². The molecule has 1 N–H and O–H groups in total. The van der Waals surface area contributed by atoms with Gasteiger partial charge < -0.3 is 4.98 Å². The highest BCUT2D eigenvalue weighted by Gasteiger charge is 1.97. The molecule has 0 spiro atoms. The number of nitriles is 1. The van der Waals surface area contributed by atoms with Gasteiger partial charge in [0.15, 0.2) is 0 Å². The maximum atomic E-state index is 11.1. The molecule has 1 rings (SSSR count). The third-order valence-corrected chi connectivity index (χ3v) is 1.82. The standard InChI is InChI=1S/C10H9N5O/c11-6-9-5-8(7-13-10(9)16)3-1-2-4-14-15-12/h1,3,5,7H,2,4H2,(H,13,16). The van der Waals surface area contributed by atoms with E-state index >= 15 is 0 Å². The van der Waals surface area contributed by atoms with Crippen LogP contribution in [0.3, 0.4) is 0 Å². The van der Waals surface area contributed by atoms with Crippen molar-refractivity contribution < 1.29 is 0 Å². The van der Waals surface area contributed by atoms with Crippen LogP contribution in [-0.2, 0) is 0 Å². The molecule has 0 aliphatic heterocycles. The lowest BCUT2D eigenvalue weighted by atomic mass is 10.2. The molecule has 0 radical (unpaired) electrons. The van der Waals surface area contributed by atoms with E-state index in [0.717, 1.165) is 5.56 Å². The molecule has 0 aliphatic rings. The summed E-state index contributed by atoms with van der Waals surface area (Å²) < 4.78 is 0. The maximum Gasteiger partial charge on any atom is 0.265 e. The van der Waals surface area contributed by atoms with Gasteiger partial charge in [-0.05, 0) is 23.6 Å². The van der Waals surface area contributed by atoms with Crippen LogP contribution in [0, 0.1) is 11.3 Å². The molecule has 1 heterocycles. The molecule has 0 saturated carbocycles. The number of hydrogen-bond acceptors (Lipinski definition) is 3. The molecule has 0 saturated heterocycles. The van der Waals surface area contributed by atoms with Gasteiger partial charge in [-0.2, -0.15) is 5.26 Å². The lowest BCUT2D eigenvalue weighted by Gasteiger charge is -1.93. The largest absolute Gasteiger partial charge is 0.327 e. The number of nitrogens with zero attached hydrogens (tertiary/aromatic N) is 4. The molecule has 0 aliphatic carbocycles. The summed E-state index contributed by atoms with van der Waals surface area (Å²) in [6, 6.07) is 3.31. The number of pyridine rings is 1. The minimum atomic E-state index is -0.395. The Morgan fingerprint density at radius 3 is 3.19 bits per heavy atom. The Hall–Kier alpha value is -2.51. The smallest absolute Gasteiger partial charge is 0.265 e. The number of hydrogen-bond donors (Lipinski definition) is 1. The van der Waals surface area contributed by atoms with Gasteiger partial charge in [0, 0.05) is 17.7 Å². The van der Waals surface area contributed by atoms with Crippen molar-refractivity contribution in [3.05, 3.63) is 50.3 Å². The van der Waals surface area contributed by atoms with Crippen LogP contribution in [0.1, 0.15) is 17.5 Å². The second-order valence-electron chi connectivity index (χ2n) is 2.93. The lowest BCUT2D eigenvalue weighted by molar-refractivity contribution is 0.995. The predicted octanol–water partition coefficient (Wildman–Crippen LogP) is 1.96. The monoisotopic (exact) mass is 215 g/mol. The van der Waals surface area contributed by atoms with Crippen molar-refractivity contribution in [2.75, 3.05) is 6.54 Å². The first-order chi connectivity index (χ1) is 7.77. The number of aromatic amines is 1. The summed E-state index contributed by atoms with van der Waals surface area (Å²) in [5, 5.41) is 12.0. The van der Waals surface area contributed by atoms with E-state index in [4.69, 9.17) is 10.8 Å². The number of rotatable bonds is 4. The van der Waals surface area contributed by atoms with Gasteiger partial charge in [-0.25, -0.2) is 0 Å². The van der Waals surface area contributed by atoms with Crippen LogP contribution >= 0.6 is 0 Å². The van der Waals surface area contributed by atoms with Crippen LogP contribution in [-0.4, -0.2) is 11.5 Å². The summed E-state index contributed by atoms with van der Waals surface area (Å²) in [6.45, 7) is 0.390. The van der Waals surface area contributed by atoms with Gasteiger partial charge in [-0.3, -0.25) is 4.79 Å². The minimum Gasteiger partial charge on any atom is -0.327 e. The number of nitrogens with one attached hydrogen (secondary N) is 1. The zero-order valence-electron chi connectivity index (χ0n) is 8.42. The predicted molar refractivity (Wildman–Crippen MR) is 59.4 cm³/mol. The fourth-order valence-electron chi connectivity index (χ4n) is 1.08. The summed E-state index contributed by atoms with van der Waals surface area (Å²) in [5.41, 5.74) is 8.46. The fourth-order valence-corrected chi connectivity index (χ4v) is 1.08. The van der Waals surface area contributed by atoms with E-state index in [2.05, 4.69) is 15.0 Å². The molecule has 0 atom stereocenters. The third-order valence-electron chi connectivity index (χ3n) is 1.82. The Bertz CT molecular complexity index is 531. The number of H-pyrrole nitrogens is 1. The van der Waals surface area contributed by atoms with E-state index in [-0.39, 0.29) is 5.56 Å². The quantitative estimate of drug-likeness (QED) is 0.358.